The molecule has 1 atom stereocenters. The minimum atomic E-state index is -0.114. The lowest BCUT2D eigenvalue weighted by Crippen LogP contribution is -2.36. The first-order valence-electron chi connectivity index (χ1n) is 7.29. The molecule has 0 aliphatic heterocycles. The molecule has 0 spiro atoms. The summed E-state index contributed by atoms with van der Waals surface area (Å²) >= 11 is 0. The van der Waals surface area contributed by atoms with Crippen molar-refractivity contribution in [3.63, 3.8) is 0 Å². The van der Waals surface area contributed by atoms with Gasteiger partial charge in [-0.15, -0.1) is 0 Å². The number of carbonyl (C=O) groups is 1. The molecule has 0 saturated heterocycles. The summed E-state index contributed by atoms with van der Waals surface area (Å²) in [6, 6.07) is 3.70. The smallest absolute Gasteiger partial charge is 0.273 e. The zero-order valence-corrected chi connectivity index (χ0v) is 13.3. The topological polar surface area (TPSA) is 53.4 Å². The molecule has 1 heterocycles. The monoisotopic (exact) mass is 288 g/mol. The second kappa shape index (κ2) is 8.43. The molecule has 114 valence electrons. The number of aromatic nitrogens is 1. The van der Waals surface area contributed by atoms with Crippen molar-refractivity contribution in [1.82, 2.24) is 9.88 Å². The first-order valence-corrected chi connectivity index (χ1v) is 7.29. The number of carbonyl (C=O) groups excluding carboxylic acids is 1. The van der Waals surface area contributed by atoms with Crippen LogP contribution in [0.15, 0.2) is 18.3 Å². The maximum absolute atomic E-state index is 12.6. The van der Waals surface area contributed by atoms with Gasteiger partial charge in [0.1, 0.15) is 5.69 Å². The highest BCUT2D eigenvalue weighted by molar-refractivity contribution is 5.94. The average Bonchev–Trinajstić information content (AvgIpc) is 2.46. The fourth-order valence-corrected chi connectivity index (χ4v) is 2.10. The first-order chi connectivity index (χ1) is 9.97. The number of hydrogen-bond acceptors (Lipinski definition) is 3. The molecule has 1 aromatic heterocycles. The van der Waals surface area contributed by atoms with Crippen LogP contribution in [0.4, 0.5) is 0 Å². The van der Waals surface area contributed by atoms with E-state index < -0.39 is 0 Å². The molecule has 0 radical (unpaired) electrons. The van der Waals surface area contributed by atoms with Gasteiger partial charge in [-0.2, -0.15) is 0 Å². The third kappa shape index (κ3) is 5.20. The molecule has 1 N–H and O–H groups in total. The van der Waals surface area contributed by atoms with E-state index in [0.717, 1.165) is 6.42 Å². The fraction of sp³-hybridized carbons (Fsp3) is 0.529. The number of pyridine rings is 1. The van der Waals surface area contributed by atoms with Crippen molar-refractivity contribution < 1.29 is 9.90 Å². The SMILES string of the molecule is CC(C)CC(C)N(C)C(=O)c1ncccc1C#CCCO. The Hall–Kier alpha value is -1.86. The molecule has 4 nitrogen and oxygen atoms in total. The van der Waals surface area contributed by atoms with E-state index in [-0.39, 0.29) is 18.6 Å². The van der Waals surface area contributed by atoms with Gasteiger partial charge in [-0.05, 0) is 31.4 Å². The molecule has 1 rings (SSSR count). The predicted octanol–water partition coefficient (Wildman–Crippen LogP) is 2.32. The third-order valence-electron chi connectivity index (χ3n) is 3.26. The summed E-state index contributed by atoms with van der Waals surface area (Å²) in [4.78, 5) is 18.5. The van der Waals surface area contributed by atoms with E-state index in [0.29, 0.717) is 23.6 Å². The minimum absolute atomic E-state index is 0.0157. The van der Waals surface area contributed by atoms with Crippen LogP contribution in [0.1, 0.15) is 49.7 Å². The van der Waals surface area contributed by atoms with E-state index in [4.69, 9.17) is 5.11 Å². The highest BCUT2D eigenvalue weighted by Gasteiger charge is 2.21. The second-order valence-electron chi connectivity index (χ2n) is 5.57. The van der Waals surface area contributed by atoms with Crippen molar-refractivity contribution in [3.05, 3.63) is 29.6 Å². The maximum Gasteiger partial charge on any atom is 0.273 e. The van der Waals surface area contributed by atoms with Crippen LogP contribution in [-0.2, 0) is 0 Å². The van der Waals surface area contributed by atoms with Gasteiger partial charge in [0, 0.05) is 25.7 Å². The Morgan fingerprint density at radius 3 is 2.76 bits per heavy atom. The van der Waals surface area contributed by atoms with Gasteiger partial charge in [0.25, 0.3) is 5.91 Å². The van der Waals surface area contributed by atoms with Crippen LogP contribution in [0.3, 0.4) is 0 Å². The van der Waals surface area contributed by atoms with Crippen LogP contribution in [0, 0.1) is 17.8 Å². The predicted molar refractivity (Wildman–Crippen MR) is 83.8 cm³/mol. The van der Waals surface area contributed by atoms with Gasteiger partial charge in [-0.3, -0.25) is 4.79 Å². The molecule has 1 amide bonds. The normalized spacial score (nSPS) is 11.7. The molecular formula is C17H24N2O2. The number of nitrogens with zero attached hydrogens (tertiary/aromatic N) is 2. The van der Waals surface area contributed by atoms with Crippen LogP contribution >= 0.6 is 0 Å². The van der Waals surface area contributed by atoms with Crippen LogP contribution in [0.25, 0.3) is 0 Å². The number of hydrogen-bond donors (Lipinski definition) is 1. The third-order valence-corrected chi connectivity index (χ3v) is 3.26. The molecule has 1 unspecified atom stereocenters. The summed E-state index contributed by atoms with van der Waals surface area (Å²) in [7, 11) is 1.80. The van der Waals surface area contributed by atoms with E-state index in [1.165, 1.54) is 0 Å². The van der Waals surface area contributed by atoms with Crippen molar-refractivity contribution in [2.24, 2.45) is 5.92 Å². The Kier molecular flexibility index (Phi) is 6.90. The van der Waals surface area contributed by atoms with Gasteiger partial charge in [-0.25, -0.2) is 4.98 Å². The lowest BCUT2D eigenvalue weighted by molar-refractivity contribution is 0.0722. The highest BCUT2D eigenvalue weighted by Crippen LogP contribution is 2.14. The van der Waals surface area contributed by atoms with E-state index in [1.807, 2.05) is 6.92 Å². The van der Waals surface area contributed by atoms with Crippen LogP contribution in [0.5, 0.6) is 0 Å². The lowest BCUT2D eigenvalue weighted by atomic mass is 10.0. The number of rotatable bonds is 5. The van der Waals surface area contributed by atoms with Gasteiger partial charge >= 0.3 is 0 Å². The summed E-state index contributed by atoms with van der Waals surface area (Å²) in [5, 5.41) is 8.77. The van der Waals surface area contributed by atoms with Gasteiger partial charge in [0.15, 0.2) is 0 Å². The van der Waals surface area contributed by atoms with Crippen molar-refractivity contribution in [3.8, 4) is 11.8 Å². The fourth-order valence-electron chi connectivity index (χ4n) is 2.10. The molecule has 0 aliphatic rings. The molecule has 21 heavy (non-hydrogen) atoms. The van der Waals surface area contributed by atoms with Crippen LogP contribution in [0.2, 0.25) is 0 Å². The van der Waals surface area contributed by atoms with Crippen molar-refractivity contribution in [2.75, 3.05) is 13.7 Å². The first kappa shape index (κ1) is 17.2. The molecular weight excluding hydrogens is 264 g/mol. The van der Waals surface area contributed by atoms with Gasteiger partial charge in [0.05, 0.1) is 12.2 Å². The Bertz CT molecular complexity index is 529. The number of amides is 1. The van der Waals surface area contributed by atoms with Crippen molar-refractivity contribution >= 4 is 5.91 Å². The van der Waals surface area contributed by atoms with E-state index in [1.54, 1.807) is 30.3 Å². The highest BCUT2D eigenvalue weighted by atomic mass is 16.2. The molecule has 4 heteroatoms. The number of aliphatic hydroxyl groups excluding tert-OH is 1. The Morgan fingerprint density at radius 2 is 2.14 bits per heavy atom. The van der Waals surface area contributed by atoms with Crippen molar-refractivity contribution in [1.29, 1.82) is 0 Å². The summed E-state index contributed by atoms with van der Waals surface area (Å²) in [6.45, 7) is 6.34. The van der Waals surface area contributed by atoms with E-state index in [2.05, 4.69) is 30.7 Å². The standard InChI is InChI=1S/C17H24N2O2/c1-13(2)12-14(3)19(4)17(21)16-15(8-5-6-11-20)9-7-10-18-16/h7,9-10,13-14,20H,6,11-12H2,1-4H3. The van der Waals surface area contributed by atoms with Gasteiger partial charge in [-0.1, -0.05) is 25.7 Å². The molecule has 1 aromatic rings. The molecule has 0 fully saturated rings. The summed E-state index contributed by atoms with van der Waals surface area (Å²) < 4.78 is 0. The zero-order valence-electron chi connectivity index (χ0n) is 13.3. The number of aliphatic hydroxyl groups is 1. The molecule has 0 aromatic carbocycles. The molecule has 0 saturated carbocycles. The van der Waals surface area contributed by atoms with E-state index in [9.17, 15) is 4.79 Å². The van der Waals surface area contributed by atoms with Gasteiger partial charge < -0.3 is 10.0 Å². The zero-order chi connectivity index (χ0) is 15.8. The van der Waals surface area contributed by atoms with E-state index >= 15 is 0 Å². The van der Waals surface area contributed by atoms with Gasteiger partial charge in [0.2, 0.25) is 0 Å². The summed E-state index contributed by atoms with van der Waals surface area (Å²) in [5.41, 5.74) is 0.987. The van der Waals surface area contributed by atoms with Crippen LogP contribution in [-0.4, -0.2) is 40.6 Å². The van der Waals surface area contributed by atoms with Crippen LogP contribution < -0.4 is 0 Å². The molecule has 0 bridgehead atoms. The average molecular weight is 288 g/mol. The van der Waals surface area contributed by atoms with Crippen molar-refractivity contribution in [2.45, 2.75) is 39.7 Å². The lowest BCUT2D eigenvalue weighted by Gasteiger charge is -2.26. The second-order valence-corrected chi connectivity index (χ2v) is 5.57. The largest absolute Gasteiger partial charge is 0.395 e. The summed E-state index contributed by atoms with van der Waals surface area (Å²) in [5.74, 6) is 6.16. The minimum Gasteiger partial charge on any atom is -0.395 e. The Balaban J connectivity index is 2.95. The maximum atomic E-state index is 12.6. The quantitative estimate of drug-likeness (QED) is 0.846. The molecule has 0 aliphatic carbocycles. The Morgan fingerprint density at radius 1 is 1.43 bits per heavy atom. The Labute approximate surface area is 127 Å². The summed E-state index contributed by atoms with van der Waals surface area (Å²) in [6.07, 6.45) is 2.94.